The van der Waals surface area contributed by atoms with Crippen LogP contribution >= 0.6 is 0 Å². The minimum Gasteiger partial charge on any atom is -0.508 e. The van der Waals surface area contributed by atoms with Crippen molar-refractivity contribution in [3.8, 4) is 5.75 Å². The fourth-order valence-electron chi connectivity index (χ4n) is 2.89. The highest BCUT2D eigenvalue weighted by atomic mass is 16.3. The maximum absolute atomic E-state index is 9.27. The van der Waals surface area contributed by atoms with E-state index < -0.39 is 0 Å². The molecule has 0 aliphatic heterocycles. The number of rotatable bonds is 4. The summed E-state index contributed by atoms with van der Waals surface area (Å²) in [6.07, 6.45) is 9.28. The van der Waals surface area contributed by atoms with Gasteiger partial charge in [0.05, 0.1) is 0 Å². The van der Waals surface area contributed by atoms with Gasteiger partial charge in [-0.2, -0.15) is 0 Å². The molecule has 2 heteroatoms. The summed E-state index contributed by atoms with van der Waals surface area (Å²) in [6.45, 7) is 2.26. The van der Waals surface area contributed by atoms with Gasteiger partial charge < -0.3 is 10.4 Å². The maximum Gasteiger partial charge on any atom is 0.115 e. The van der Waals surface area contributed by atoms with Gasteiger partial charge in [-0.25, -0.2) is 0 Å². The molecule has 2 nitrogen and oxygen atoms in total. The van der Waals surface area contributed by atoms with Crippen LogP contribution in [0.4, 0.5) is 0 Å². The van der Waals surface area contributed by atoms with E-state index in [1.807, 2.05) is 12.1 Å². The second-order valence-electron chi connectivity index (χ2n) is 5.63. The van der Waals surface area contributed by atoms with Gasteiger partial charge in [-0.1, -0.05) is 37.8 Å². The van der Waals surface area contributed by atoms with Crippen LogP contribution in [-0.4, -0.2) is 17.2 Å². The van der Waals surface area contributed by atoms with Crippen molar-refractivity contribution in [2.45, 2.75) is 64.0 Å². The Morgan fingerprint density at radius 1 is 1.11 bits per heavy atom. The zero-order chi connectivity index (χ0) is 12.8. The van der Waals surface area contributed by atoms with E-state index in [-0.39, 0.29) is 0 Å². The molecule has 2 rings (SSSR count). The quantitative estimate of drug-likeness (QED) is 0.796. The predicted molar refractivity (Wildman–Crippen MR) is 75.9 cm³/mol. The average Bonchev–Trinajstić information content (AvgIpc) is 2.61. The van der Waals surface area contributed by atoms with E-state index in [1.165, 1.54) is 44.1 Å². The molecule has 0 amide bonds. The minimum absolute atomic E-state index is 0.350. The lowest BCUT2D eigenvalue weighted by Gasteiger charge is -2.22. The standard InChI is InChI=1S/C16H25NO/c1-13(12-14-8-10-16(18)11-9-14)17-15-6-4-2-3-5-7-15/h8-11,13,15,17-18H,2-7,12H2,1H3. The average molecular weight is 247 g/mol. The van der Waals surface area contributed by atoms with Crippen LogP contribution in [0.25, 0.3) is 0 Å². The Morgan fingerprint density at radius 3 is 2.33 bits per heavy atom. The number of aromatic hydroxyl groups is 1. The summed E-state index contributed by atoms with van der Waals surface area (Å²) in [4.78, 5) is 0. The first-order chi connectivity index (χ1) is 8.74. The monoisotopic (exact) mass is 247 g/mol. The van der Waals surface area contributed by atoms with Gasteiger partial charge in [0, 0.05) is 12.1 Å². The second kappa shape index (κ2) is 6.79. The van der Waals surface area contributed by atoms with Gasteiger partial charge in [-0.15, -0.1) is 0 Å². The van der Waals surface area contributed by atoms with Crippen molar-refractivity contribution < 1.29 is 5.11 Å². The SMILES string of the molecule is CC(Cc1ccc(O)cc1)NC1CCCCCC1. The molecule has 0 aromatic heterocycles. The first-order valence-corrected chi connectivity index (χ1v) is 7.28. The van der Waals surface area contributed by atoms with Crippen LogP contribution in [0.15, 0.2) is 24.3 Å². The van der Waals surface area contributed by atoms with Gasteiger partial charge in [0.25, 0.3) is 0 Å². The van der Waals surface area contributed by atoms with Crippen molar-refractivity contribution in [3.05, 3.63) is 29.8 Å². The largest absolute Gasteiger partial charge is 0.508 e. The van der Waals surface area contributed by atoms with E-state index in [4.69, 9.17) is 0 Å². The summed E-state index contributed by atoms with van der Waals surface area (Å²) in [5, 5.41) is 13.0. The van der Waals surface area contributed by atoms with E-state index >= 15 is 0 Å². The third-order valence-electron chi connectivity index (χ3n) is 3.85. The van der Waals surface area contributed by atoms with Crippen molar-refractivity contribution in [3.63, 3.8) is 0 Å². The van der Waals surface area contributed by atoms with Crippen LogP contribution in [0.5, 0.6) is 5.75 Å². The van der Waals surface area contributed by atoms with Crippen molar-refractivity contribution >= 4 is 0 Å². The lowest BCUT2D eigenvalue weighted by atomic mass is 10.0. The summed E-state index contributed by atoms with van der Waals surface area (Å²) in [5.41, 5.74) is 1.29. The van der Waals surface area contributed by atoms with E-state index in [9.17, 15) is 5.11 Å². The Bertz CT molecular complexity index is 339. The predicted octanol–water partition coefficient (Wildman–Crippen LogP) is 3.64. The zero-order valence-electron chi connectivity index (χ0n) is 11.4. The fourth-order valence-corrected chi connectivity index (χ4v) is 2.89. The molecule has 1 aliphatic rings. The molecule has 0 spiro atoms. The highest BCUT2D eigenvalue weighted by Crippen LogP contribution is 2.18. The summed E-state index contributed by atoms with van der Waals surface area (Å²) in [6, 6.07) is 8.79. The molecular formula is C16H25NO. The summed E-state index contributed by atoms with van der Waals surface area (Å²) >= 11 is 0. The molecule has 1 fully saturated rings. The molecule has 2 N–H and O–H groups in total. The lowest BCUT2D eigenvalue weighted by Crippen LogP contribution is -2.37. The Morgan fingerprint density at radius 2 is 1.72 bits per heavy atom. The number of hydrogen-bond donors (Lipinski definition) is 2. The van der Waals surface area contributed by atoms with Crippen molar-refractivity contribution in [2.24, 2.45) is 0 Å². The molecule has 0 saturated heterocycles. The van der Waals surface area contributed by atoms with Crippen LogP contribution in [0.3, 0.4) is 0 Å². The minimum atomic E-state index is 0.350. The number of hydrogen-bond acceptors (Lipinski definition) is 2. The van der Waals surface area contributed by atoms with E-state index in [0.717, 1.165) is 6.42 Å². The lowest BCUT2D eigenvalue weighted by molar-refractivity contribution is 0.405. The van der Waals surface area contributed by atoms with Crippen LogP contribution in [0.2, 0.25) is 0 Å². The smallest absolute Gasteiger partial charge is 0.115 e. The highest BCUT2D eigenvalue weighted by molar-refractivity contribution is 5.26. The number of benzene rings is 1. The first-order valence-electron chi connectivity index (χ1n) is 7.28. The molecule has 1 aromatic carbocycles. The highest BCUT2D eigenvalue weighted by Gasteiger charge is 2.14. The molecule has 1 aromatic rings. The van der Waals surface area contributed by atoms with Crippen molar-refractivity contribution in [2.75, 3.05) is 0 Å². The molecule has 0 bridgehead atoms. The van der Waals surface area contributed by atoms with Crippen LogP contribution < -0.4 is 5.32 Å². The Hall–Kier alpha value is -1.02. The topological polar surface area (TPSA) is 32.3 Å². The molecule has 0 heterocycles. The second-order valence-corrected chi connectivity index (χ2v) is 5.63. The maximum atomic E-state index is 9.27. The summed E-state index contributed by atoms with van der Waals surface area (Å²) in [5.74, 6) is 0.350. The summed E-state index contributed by atoms with van der Waals surface area (Å²) < 4.78 is 0. The van der Waals surface area contributed by atoms with Gasteiger partial charge >= 0.3 is 0 Å². The van der Waals surface area contributed by atoms with E-state index in [1.54, 1.807) is 12.1 Å². The van der Waals surface area contributed by atoms with Crippen LogP contribution in [0, 0.1) is 0 Å². The number of phenolic OH excluding ortho intramolecular Hbond substituents is 1. The Balaban J connectivity index is 1.80. The molecule has 100 valence electrons. The molecule has 1 saturated carbocycles. The van der Waals surface area contributed by atoms with Gasteiger partial charge in [0.2, 0.25) is 0 Å². The third-order valence-corrected chi connectivity index (χ3v) is 3.85. The summed E-state index contributed by atoms with van der Waals surface area (Å²) in [7, 11) is 0. The van der Waals surface area contributed by atoms with Crippen LogP contribution in [0.1, 0.15) is 51.0 Å². The number of phenols is 1. The molecule has 0 radical (unpaired) electrons. The molecule has 1 atom stereocenters. The normalized spacial score (nSPS) is 19.4. The van der Waals surface area contributed by atoms with E-state index in [0.29, 0.717) is 17.8 Å². The van der Waals surface area contributed by atoms with Crippen molar-refractivity contribution in [1.82, 2.24) is 5.32 Å². The number of nitrogens with one attached hydrogen (secondary N) is 1. The Kier molecular flexibility index (Phi) is 5.06. The molecule has 18 heavy (non-hydrogen) atoms. The molecule has 1 unspecified atom stereocenters. The first kappa shape index (κ1) is 13.4. The van der Waals surface area contributed by atoms with Gasteiger partial charge in [0.1, 0.15) is 5.75 Å². The zero-order valence-corrected chi connectivity index (χ0v) is 11.4. The van der Waals surface area contributed by atoms with Crippen LogP contribution in [-0.2, 0) is 6.42 Å². The van der Waals surface area contributed by atoms with Gasteiger partial charge in [-0.05, 0) is 43.9 Å². The third kappa shape index (κ3) is 4.34. The van der Waals surface area contributed by atoms with Gasteiger partial charge in [0.15, 0.2) is 0 Å². The molecule has 1 aliphatic carbocycles. The van der Waals surface area contributed by atoms with Gasteiger partial charge in [-0.3, -0.25) is 0 Å². The van der Waals surface area contributed by atoms with E-state index in [2.05, 4.69) is 12.2 Å². The van der Waals surface area contributed by atoms with Crippen molar-refractivity contribution in [1.29, 1.82) is 0 Å². The fraction of sp³-hybridized carbons (Fsp3) is 0.625. The Labute approximate surface area is 110 Å². The molecular weight excluding hydrogens is 222 g/mol.